The Morgan fingerprint density at radius 1 is 1.26 bits per heavy atom. The molecule has 3 rings (SSSR count). The molecule has 1 saturated heterocycles. The number of hydrogen-bond donors (Lipinski definition) is 2. The number of thioether (sulfide) groups is 1. The Balaban J connectivity index is 2.00. The van der Waals surface area contributed by atoms with Crippen molar-refractivity contribution in [2.24, 2.45) is 0 Å². The summed E-state index contributed by atoms with van der Waals surface area (Å²) in [6, 6.07) is 11.2. The Kier molecular flexibility index (Phi) is 6.15. The second-order valence-electron chi connectivity index (χ2n) is 5.84. The normalized spacial score (nSPS) is 15.4. The van der Waals surface area contributed by atoms with Crippen LogP contribution in [0.5, 0.6) is 5.75 Å². The third-order valence-electron chi connectivity index (χ3n) is 4.12. The maximum atomic E-state index is 9.74. The highest BCUT2D eigenvalue weighted by molar-refractivity contribution is 7.99. The Morgan fingerprint density at radius 2 is 1.96 bits per heavy atom. The van der Waals surface area contributed by atoms with Gasteiger partial charge in [-0.3, -0.25) is 0 Å². The fraction of sp³-hybridized carbons (Fsp3) is 0.316. The lowest BCUT2D eigenvalue weighted by Gasteiger charge is -2.26. The first-order valence-electron chi connectivity index (χ1n) is 8.40. The quantitative estimate of drug-likeness (QED) is 0.699. The van der Waals surface area contributed by atoms with Crippen LogP contribution in [0.25, 0.3) is 11.1 Å². The lowest BCUT2D eigenvalue weighted by molar-refractivity contribution is -0.0343. The van der Waals surface area contributed by atoms with Crippen molar-refractivity contribution in [2.75, 3.05) is 31.3 Å². The number of nitriles is 2. The van der Waals surface area contributed by atoms with E-state index in [1.807, 2.05) is 0 Å². The highest BCUT2D eigenvalue weighted by Gasteiger charge is 2.23. The molecule has 8 heteroatoms. The number of ether oxygens (including phenoxy) is 2. The fourth-order valence-corrected chi connectivity index (χ4v) is 3.72. The molecule has 2 heterocycles. The fourth-order valence-electron chi connectivity index (χ4n) is 2.66. The van der Waals surface area contributed by atoms with Gasteiger partial charge in [0.25, 0.3) is 0 Å². The average molecular weight is 382 g/mol. The Morgan fingerprint density at radius 3 is 2.52 bits per heavy atom. The Hall–Kier alpha value is -2.78. The van der Waals surface area contributed by atoms with Gasteiger partial charge in [-0.05, 0) is 24.1 Å². The standard InChI is InChI=1S/C19H18N4O3S/c20-9-15-17(12-1-3-13(4-2-12)26-8-6-24)16(10-21)19(23-18(15)22)27-11-14-5-7-25-14/h1-4,14,24H,5-8,11H2,(H2,22,23). The van der Waals surface area contributed by atoms with Gasteiger partial charge in [0, 0.05) is 17.9 Å². The first-order chi connectivity index (χ1) is 13.2. The molecule has 0 radical (unpaired) electrons. The second-order valence-corrected chi connectivity index (χ2v) is 6.85. The zero-order valence-electron chi connectivity index (χ0n) is 14.5. The minimum absolute atomic E-state index is 0.0783. The molecule has 138 valence electrons. The molecule has 1 aliphatic rings. The highest BCUT2D eigenvalue weighted by Crippen LogP contribution is 2.37. The molecule has 27 heavy (non-hydrogen) atoms. The van der Waals surface area contributed by atoms with Crippen LogP contribution in [0, 0.1) is 22.7 Å². The van der Waals surface area contributed by atoms with Crippen LogP contribution in [0.4, 0.5) is 5.82 Å². The lowest BCUT2D eigenvalue weighted by atomic mass is 9.97. The Labute approximate surface area is 161 Å². The van der Waals surface area contributed by atoms with Crippen molar-refractivity contribution >= 4 is 17.6 Å². The summed E-state index contributed by atoms with van der Waals surface area (Å²) in [7, 11) is 0. The third kappa shape index (κ3) is 4.15. The second kappa shape index (κ2) is 8.74. The number of nitrogen functional groups attached to an aromatic ring is 1. The molecule has 1 aromatic heterocycles. The maximum absolute atomic E-state index is 9.74. The van der Waals surface area contributed by atoms with E-state index in [1.165, 1.54) is 11.8 Å². The predicted molar refractivity (Wildman–Crippen MR) is 101 cm³/mol. The van der Waals surface area contributed by atoms with E-state index in [0.29, 0.717) is 33.2 Å². The van der Waals surface area contributed by atoms with Crippen molar-refractivity contribution in [3.05, 3.63) is 35.4 Å². The van der Waals surface area contributed by atoms with Crippen LogP contribution in [-0.4, -0.2) is 41.8 Å². The molecule has 0 spiro atoms. The summed E-state index contributed by atoms with van der Waals surface area (Å²) in [6.45, 7) is 0.874. The molecule has 1 aliphatic heterocycles. The lowest BCUT2D eigenvalue weighted by Crippen LogP contribution is -2.28. The number of aliphatic hydroxyl groups excluding tert-OH is 1. The number of aromatic nitrogens is 1. The van der Waals surface area contributed by atoms with Gasteiger partial charge < -0.3 is 20.3 Å². The van der Waals surface area contributed by atoms with Crippen LogP contribution in [0.1, 0.15) is 17.5 Å². The van der Waals surface area contributed by atoms with Crippen molar-refractivity contribution in [3.8, 4) is 29.0 Å². The smallest absolute Gasteiger partial charge is 0.143 e. The molecule has 0 aliphatic carbocycles. The van der Waals surface area contributed by atoms with Gasteiger partial charge in [-0.1, -0.05) is 12.1 Å². The third-order valence-corrected chi connectivity index (χ3v) is 5.23. The predicted octanol–water partition coefficient (Wildman–Crippen LogP) is 2.33. The van der Waals surface area contributed by atoms with Gasteiger partial charge in [0.15, 0.2) is 0 Å². The summed E-state index contributed by atoms with van der Waals surface area (Å²) in [6.07, 6.45) is 1.15. The summed E-state index contributed by atoms with van der Waals surface area (Å²) in [4.78, 5) is 4.28. The van der Waals surface area contributed by atoms with Gasteiger partial charge in [-0.15, -0.1) is 11.8 Å². The number of benzene rings is 1. The van der Waals surface area contributed by atoms with Gasteiger partial charge in [0.1, 0.15) is 40.9 Å². The van der Waals surface area contributed by atoms with E-state index in [9.17, 15) is 10.5 Å². The zero-order chi connectivity index (χ0) is 19.2. The van der Waals surface area contributed by atoms with Crippen molar-refractivity contribution in [1.82, 2.24) is 4.98 Å². The molecule has 1 fully saturated rings. The largest absolute Gasteiger partial charge is 0.491 e. The summed E-state index contributed by atoms with van der Waals surface area (Å²) in [5, 5.41) is 28.6. The summed E-state index contributed by atoms with van der Waals surface area (Å²) < 4.78 is 10.8. The number of nitrogens with zero attached hydrogens (tertiary/aromatic N) is 3. The minimum atomic E-state index is -0.0783. The van der Waals surface area contributed by atoms with Crippen LogP contribution in [0.2, 0.25) is 0 Å². The first kappa shape index (κ1) is 19.0. The van der Waals surface area contributed by atoms with Gasteiger partial charge in [0.05, 0.1) is 18.3 Å². The van der Waals surface area contributed by atoms with Gasteiger partial charge >= 0.3 is 0 Å². The molecule has 1 atom stereocenters. The van der Waals surface area contributed by atoms with E-state index < -0.39 is 0 Å². The van der Waals surface area contributed by atoms with Crippen LogP contribution in [0.3, 0.4) is 0 Å². The SMILES string of the molecule is N#Cc1c(N)nc(SCC2CCO2)c(C#N)c1-c1ccc(OCCO)cc1. The average Bonchev–Trinajstić information content (AvgIpc) is 2.65. The molecule has 1 unspecified atom stereocenters. The number of rotatable bonds is 7. The van der Waals surface area contributed by atoms with Gasteiger partial charge in [0.2, 0.25) is 0 Å². The summed E-state index contributed by atoms with van der Waals surface area (Å²) in [5.74, 6) is 1.37. The van der Waals surface area contributed by atoms with E-state index in [2.05, 4.69) is 17.1 Å². The van der Waals surface area contributed by atoms with Crippen LogP contribution < -0.4 is 10.5 Å². The van der Waals surface area contributed by atoms with E-state index in [4.69, 9.17) is 20.3 Å². The molecule has 7 nitrogen and oxygen atoms in total. The monoisotopic (exact) mass is 382 g/mol. The number of pyridine rings is 1. The molecule has 3 N–H and O–H groups in total. The highest BCUT2D eigenvalue weighted by atomic mass is 32.2. The first-order valence-corrected chi connectivity index (χ1v) is 9.38. The van der Waals surface area contributed by atoms with Crippen molar-refractivity contribution in [3.63, 3.8) is 0 Å². The van der Waals surface area contributed by atoms with E-state index >= 15 is 0 Å². The number of anilines is 1. The number of hydrogen-bond acceptors (Lipinski definition) is 8. The number of aliphatic hydroxyl groups is 1. The molecular formula is C19H18N4O3S. The maximum Gasteiger partial charge on any atom is 0.143 e. The number of nitrogens with two attached hydrogens (primary N) is 1. The summed E-state index contributed by atoms with van der Waals surface area (Å²) in [5.41, 5.74) is 7.66. The molecule has 1 aromatic carbocycles. The van der Waals surface area contributed by atoms with E-state index in [1.54, 1.807) is 24.3 Å². The molecule has 0 amide bonds. The Bertz CT molecular complexity index is 899. The van der Waals surface area contributed by atoms with Crippen molar-refractivity contribution < 1.29 is 14.6 Å². The van der Waals surface area contributed by atoms with E-state index in [-0.39, 0.29) is 30.7 Å². The topological polar surface area (TPSA) is 125 Å². The molecule has 0 bridgehead atoms. The zero-order valence-corrected chi connectivity index (χ0v) is 15.3. The van der Waals surface area contributed by atoms with Crippen molar-refractivity contribution in [1.29, 1.82) is 10.5 Å². The van der Waals surface area contributed by atoms with Gasteiger partial charge in [-0.2, -0.15) is 10.5 Å². The summed E-state index contributed by atoms with van der Waals surface area (Å²) >= 11 is 1.41. The molecule has 2 aromatic rings. The van der Waals surface area contributed by atoms with Crippen LogP contribution >= 0.6 is 11.8 Å². The minimum Gasteiger partial charge on any atom is -0.491 e. The van der Waals surface area contributed by atoms with Crippen LogP contribution in [0.15, 0.2) is 29.3 Å². The van der Waals surface area contributed by atoms with Crippen molar-refractivity contribution in [2.45, 2.75) is 17.6 Å². The molecular weight excluding hydrogens is 364 g/mol. The van der Waals surface area contributed by atoms with Crippen LogP contribution in [-0.2, 0) is 4.74 Å². The van der Waals surface area contributed by atoms with E-state index in [0.717, 1.165) is 13.0 Å². The molecule has 0 saturated carbocycles. The van der Waals surface area contributed by atoms with Gasteiger partial charge in [-0.25, -0.2) is 4.98 Å².